The average Bonchev–Trinajstić information content (AvgIpc) is 2.63. The van der Waals surface area contributed by atoms with Crippen LogP contribution in [-0.2, 0) is 15.7 Å². The third kappa shape index (κ3) is 4.35. The van der Waals surface area contributed by atoms with Gasteiger partial charge in [0.25, 0.3) is 0 Å². The monoisotopic (exact) mass is 388 g/mol. The summed E-state index contributed by atoms with van der Waals surface area (Å²) < 4.78 is 64.8. The average molecular weight is 388 g/mol. The summed E-state index contributed by atoms with van der Waals surface area (Å²) in [6, 6.07) is 2.15. The molecule has 1 aliphatic carbocycles. The molecule has 27 heavy (non-hydrogen) atoms. The highest BCUT2D eigenvalue weighted by Gasteiger charge is 2.42. The number of aryl methyl sites for hydroxylation is 1. The van der Waals surface area contributed by atoms with E-state index in [9.17, 15) is 22.4 Å². The molecule has 0 radical (unpaired) electrons. The number of hydrogen-bond acceptors (Lipinski definition) is 3. The van der Waals surface area contributed by atoms with E-state index in [0.29, 0.717) is 11.8 Å². The van der Waals surface area contributed by atoms with Gasteiger partial charge in [-0.2, -0.15) is 13.2 Å². The Balaban J connectivity index is 1.71. The maximum atomic E-state index is 14.1. The minimum Gasteiger partial charge on any atom is -0.345 e. The van der Waals surface area contributed by atoms with Crippen molar-refractivity contribution < 1.29 is 31.8 Å². The summed E-state index contributed by atoms with van der Waals surface area (Å²) in [6.45, 7) is 3.98. The Bertz CT molecular complexity index is 685. The molecule has 2 fully saturated rings. The summed E-state index contributed by atoms with van der Waals surface area (Å²) in [5.41, 5.74) is -2.47. The van der Waals surface area contributed by atoms with Gasteiger partial charge in [0.15, 0.2) is 0 Å². The van der Waals surface area contributed by atoms with Crippen molar-refractivity contribution in [3.05, 3.63) is 34.6 Å². The van der Waals surface area contributed by atoms with E-state index >= 15 is 0 Å². The van der Waals surface area contributed by atoms with Gasteiger partial charge in [-0.25, -0.2) is 4.39 Å². The van der Waals surface area contributed by atoms with Crippen LogP contribution in [-0.4, -0.2) is 25.3 Å². The molecule has 150 valence electrons. The van der Waals surface area contributed by atoms with Crippen LogP contribution in [0.1, 0.15) is 54.1 Å². The Morgan fingerprint density at radius 3 is 2.19 bits per heavy atom. The second-order valence-electron chi connectivity index (χ2n) is 7.76. The summed E-state index contributed by atoms with van der Waals surface area (Å²) in [5, 5.41) is 0. The van der Waals surface area contributed by atoms with E-state index in [1.54, 1.807) is 0 Å². The molecular formula is C20H24F4O3. The highest BCUT2D eigenvalue weighted by molar-refractivity contribution is 6.00. The largest absolute Gasteiger partial charge is 0.419 e. The number of halogens is 4. The van der Waals surface area contributed by atoms with Gasteiger partial charge in [-0.05, 0) is 37.2 Å². The topological polar surface area (TPSA) is 35.5 Å². The molecule has 0 unspecified atom stereocenters. The Labute approximate surface area is 156 Å². The lowest BCUT2D eigenvalue weighted by Crippen LogP contribution is -2.41. The molecule has 0 aromatic heterocycles. The van der Waals surface area contributed by atoms with Crippen molar-refractivity contribution in [3.8, 4) is 0 Å². The lowest BCUT2D eigenvalue weighted by molar-refractivity contribution is -0.184. The third-order valence-electron chi connectivity index (χ3n) is 5.75. The normalized spacial score (nSPS) is 29.6. The van der Waals surface area contributed by atoms with Crippen molar-refractivity contribution >= 4 is 5.78 Å². The molecule has 7 heteroatoms. The van der Waals surface area contributed by atoms with Crippen molar-refractivity contribution in [1.82, 2.24) is 0 Å². The summed E-state index contributed by atoms with van der Waals surface area (Å²) >= 11 is 0. The zero-order chi connectivity index (χ0) is 19.8. The van der Waals surface area contributed by atoms with Gasteiger partial charge in [0.1, 0.15) is 11.4 Å². The number of ether oxygens (including phenoxy) is 2. The first kappa shape index (κ1) is 20.3. The minimum atomic E-state index is -4.98. The van der Waals surface area contributed by atoms with Gasteiger partial charge in [-0.1, -0.05) is 31.9 Å². The third-order valence-corrected chi connectivity index (χ3v) is 5.75. The van der Waals surface area contributed by atoms with Gasteiger partial charge in [0, 0.05) is 11.5 Å². The smallest absolute Gasteiger partial charge is 0.345 e. The van der Waals surface area contributed by atoms with Gasteiger partial charge in [-0.3, -0.25) is 4.79 Å². The summed E-state index contributed by atoms with van der Waals surface area (Å²) in [5.74, 6) is -1.13. The molecule has 1 aliphatic heterocycles. The van der Waals surface area contributed by atoms with E-state index in [1.807, 2.05) is 0 Å². The standard InChI is InChI=1S/C20H24F4O3/c1-11-3-6-13(7-4-11)14-9-26-19(27-10-14)18(25)15-8-5-12(2)17(21)16(15)20(22,23)24/h5,8,11,13-14,19H,3-4,6-7,9-10H2,1-2H3. The molecule has 0 spiro atoms. The molecule has 1 saturated heterocycles. The molecule has 0 atom stereocenters. The molecule has 1 heterocycles. The summed E-state index contributed by atoms with van der Waals surface area (Å²) in [7, 11) is 0. The van der Waals surface area contributed by atoms with Crippen LogP contribution in [0.2, 0.25) is 0 Å². The zero-order valence-corrected chi connectivity index (χ0v) is 15.4. The number of alkyl halides is 3. The molecule has 3 nitrogen and oxygen atoms in total. The van der Waals surface area contributed by atoms with Gasteiger partial charge in [0.2, 0.25) is 12.1 Å². The van der Waals surface area contributed by atoms with Crippen molar-refractivity contribution in [2.24, 2.45) is 17.8 Å². The minimum absolute atomic E-state index is 0.137. The maximum Gasteiger partial charge on any atom is 0.419 e. The molecule has 1 aromatic carbocycles. The Kier molecular flexibility index (Phi) is 5.91. The molecule has 3 rings (SSSR count). The number of ketones is 1. The van der Waals surface area contributed by atoms with Crippen LogP contribution in [0.3, 0.4) is 0 Å². The number of benzene rings is 1. The number of rotatable bonds is 3. The lowest BCUT2D eigenvalue weighted by Gasteiger charge is -2.36. The fraction of sp³-hybridized carbons (Fsp3) is 0.650. The van der Waals surface area contributed by atoms with E-state index in [0.717, 1.165) is 37.8 Å². The van der Waals surface area contributed by atoms with Crippen LogP contribution in [0.4, 0.5) is 17.6 Å². The van der Waals surface area contributed by atoms with E-state index in [2.05, 4.69) is 6.92 Å². The highest BCUT2D eigenvalue weighted by atomic mass is 19.4. The summed E-state index contributed by atoms with van der Waals surface area (Å²) in [6.07, 6.45) is -1.98. The maximum absolute atomic E-state index is 14.1. The fourth-order valence-corrected chi connectivity index (χ4v) is 3.99. The number of hydrogen-bond donors (Lipinski definition) is 0. The first-order chi connectivity index (χ1) is 12.7. The van der Waals surface area contributed by atoms with Crippen molar-refractivity contribution in [2.75, 3.05) is 13.2 Å². The van der Waals surface area contributed by atoms with Gasteiger partial charge >= 0.3 is 6.18 Å². The molecule has 1 aromatic rings. The van der Waals surface area contributed by atoms with Gasteiger partial charge < -0.3 is 9.47 Å². The van der Waals surface area contributed by atoms with Crippen LogP contribution in [0.15, 0.2) is 12.1 Å². The Hall–Kier alpha value is -1.47. The first-order valence-electron chi connectivity index (χ1n) is 9.32. The quantitative estimate of drug-likeness (QED) is 0.531. The van der Waals surface area contributed by atoms with Gasteiger partial charge in [-0.15, -0.1) is 0 Å². The van der Waals surface area contributed by atoms with Crippen molar-refractivity contribution in [3.63, 3.8) is 0 Å². The van der Waals surface area contributed by atoms with Crippen LogP contribution in [0.25, 0.3) is 0 Å². The number of carbonyl (C=O) groups is 1. The predicted octanol–water partition coefficient (Wildman–Crippen LogP) is 5.15. The van der Waals surface area contributed by atoms with Crippen LogP contribution in [0, 0.1) is 30.5 Å². The lowest BCUT2D eigenvalue weighted by atomic mass is 9.76. The summed E-state index contributed by atoms with van der Waals surface area (Å²) in [4.78, 5) is 12.5. The number of Topliss-reactive ketones (excluding diaryl/α,β-unsaturated/α-hetero) is 1. The number of carbonyl (C=O) groups excluding carboxylic acids is 1. The predicted molar refractivity (Wildman–Crippen MR) is 90.8 cm³/mol. The van der Waals surface area contributed by atoms with Gasteiger partial charge in [0.05, 0.1) is 13.2 Å². The van der Waals surface area contributed by atoms with E-state index in [1.165, 1.54) is 6.92 Å². The molecule has 0 N–H and O–H groups in total. The molecular weight excluding hydrogens is 364 g/mol. The molecule has 0 bridgehead atoms. The van der Waals surface area contributed by atoms with Crippen LogP contribution in [0.5, 0.6) is 0 Å². The second kappa shape index (κ2) is 7.87. The second-order valence-corrected chi connectivity index (χ2v) is 7.76. The Morgan fingerprint density at radius 1 is 1.04 bits per heavy atom. The SMILES string of the molecule is Cc1ccc(C(=O)C2OCC(C3CCC(C)CC3)CO2)c(C(F)(F)F)c1F. The van der Waals surface area contributed by atoms with Crippen molar-refractivity contribution in [2.45, 2.75) is 52.0 Å². The fourth-order valence-electron chi connectivity index (χ4n) is 3.99. The first-order valence-corrected chi connectivity index (χ1v) is 9.32. The van der Waals surface area contributed by atoms with Crippen molar-refractivity contribution in [1.29, 1.82) is 0 Å². The highest BCUT2D eigenvalue weighted by Crippen LogP contribution is 2.38. The molecule has 2 aliphatic rings. The zero-order valence-electron chi connectivity index (χ0n) is 15.4. The van der Waals surface area contributed by atoms with Crippen LogP contribution < -0.4 is 0 Å². The van der Waals surface area contributed by atoms with Crippen LogP contribution >= 0.6 is 0 Å². The molecule has 0 amide bonds. The molecule has 1 saturated carbocycles. The van der Waals surface area contributed by atoms with E-state index in [-0.39, 0.29) is 24.7 Å². The van der Waals surface area contributed by atoms with E-state index in [4.69, 9.17) is 9.47 Å². The van der Waals surface area contributed by atoms with E-state index < -0.39 is 35.2 Å². The Morgan fingerprint density at radius 2 is 1.63 bits per heavy atom.